The number of aromatic nitrogens is 2. The highest BCUT2D eigenvalue weighted by atomic mass is 16.5. The Labute approximate surface area is 110 Å². The monoisotopic (exact) mass is 251 g/mol. The molecule has 4 nitrogen and oxygen atoms in total. The van der Waals surface area contributed by atoms with E-state index in [2.05, 4.69) is 44.2 Å². The molecule has 0 unspecified atom stereocenters. The minimum absolute atomic E-state index is 0.334. The van der Waals surface area contributed by atoms with E-state index < -0.39 is 0 Å². The topological polar surface area (TPSA) is 39.1 Å². The molecule has 0 bridgehead atoms. The molecule has 4 heteroatoms. The van der Waals surface area contributed by atoms with E-state index in [0.717, 1.165) is 31.0 Å². The Hall–Kier alpha value is -1.29. The van der Waals surface area contributed by atoms with Gasteiger partial charge < -0.3 is 10.1 Å². The summed E-state index contributed by atoms with van der Waals surface area (Å²) in [5, 5.41) is 7.70. The first-order valence-corrected chi connectivity index (χ1v) is 6.61. The summed E-state index contributed by atoms with van der Waals surface area (Å²) in [4.78, 5) is 0. The van der Waals surface area contributed by atoms with E-state index in [1.54, 1.807) is 13.3 Å². The Morgan fingerprint density at radius 2 is 2.28 bits per heavy atom. The van der Waals surface area contributed by atoms with Crippen LogP contribution in [0, 0.1) is 0 Å². The maximum absolute atomic E-state index is 5.38. The number of methoxy groups -OCH3 is 1. The van der Waals surface area contributed by atoms with Crippen molar-refractivity contribution in [1.29, 1.82) is 0 Å². The number of nitrogens with zero attached hydrogens (tertiary/aromatic N) is 2. The Balaban J connectivity index is 2.88. The zero-order valence-corrected chi connectivity index (χ0v) is 12.2. The second-order valence-corrected chi connectivity index (χ2v) is 4.63. The van der Waals surface area contributed by atoms with Crippen LogP contribution < -0.4 is 10.1 Å². The molecular formula is C14H25N3O. The summed E-state index contributed by atoms with van der Waals surface area (Å²) in [6, 6.07) is 0.334. The Kier molecular flexibility index (Phi) is 5.92. The Morgan fingerprint density at radius 1 is 1.56 bits per heavy atom. The predicted octanol–water partition coefficient (Wildman–Crippen LogP) is 2.88. The lowest BCUT2D eigenvalue weighted by Gasteiger charge is -2.12. The van der Waals surface area contributed by atoms with Crippen molar-refractivity contribution in [3.05, 3.63) is 18.0 Å². The van der Waals surface area contributed by atoms with Gasteiger partial charge in [0.25, 0.3) is 0 Å². The van der Waals surface area contributed by atoms with Gasteiger partial charge in [-0.25, -0.2) is 0 Å². The molecule has 1 aromatic rings. The summed E-state index contributed by atoms with van der Waals surface area (Å²) in [6.07, 6.45) is 5.05. The fourth-order valence-corrected chi connectivity index (χ4v) is 1.93. The summed E-state index contributed by atoms with van der Waals surface area (Å²) in [5.74, 6) is 0.848. The molecule has 0 saturated heterocycles. The summed E-state index contributed by atoms with van der Waals surface area (Å²) in [6.45, 7) is 10.5. The first-order chi connectivity index (χ1) is 8.61. The van der Waals surface area contributed by atoms with Crippen molar-refractivity contribution in [1.82, 2.24) is 15.1 Å². The van der Waals surface area contributed by atoms with Crippen molar-refractivity contribution < 1.29 is 4.74 Å². The second kappa shape index (κ2) is 7.21. The smallest absolute Gasteiger partial charge is 0.164 e. The van der Waals surface area contributed by atoms with Crippen molar-refractivity contribution in [2.45, 2.75) is 40.2 Å². The molecule has 0 aliphatic rings. The molecule has 18 heavy (non-hydrogen) atoms. The lowest BCUT2D eigenvalue weighted by molar-refractivity contribution is 0.410. The first kappa shape index (κ1) is 14.8. The molecule has 0 aliphatic carbocycles. The molecule has 1 N–H and O–H groups in total. The van der Waals surface area contributed by atoms with Crippen LogP contribution in [0.4, 0.5) is 0 Å². The molecule has 0 aromatic carbocycles. The highest BCUT2D eigenvalue weighted by molar-refractivity contribution is 5.66. The maximum Gasteiger partial charge on any atom is 0.164 e. The maximum atomic E-state index is 5.38. The van der Waals surface area contributed by atoms with E-state index in [4.69, 9.17) is 4.74 Å². The number of hydrogen-bond donors (Lipinski definition) is 1. The van der Waals surface area contributed by atoms with E-state index in [1.165, 1.54) is 5.57 Å². The van der Waals surface area contributed by atoms with Gasteiger partial charge in [0, 0.05) is 6.04 Å². The average molecular weight is 251 g/mol. The summed E-state index contributed by atoms with van der Waals surface area (Å²) in [5.41, 5.74) is 2.31. The van der Waals surface area contributed by atoms with Crippen molar-refractivity contribution in [3.63, 3.8) is 0 Å². The Bertz CT molecular complexity index is 394. The van der Waals surface area contributed by atoms with E-state index in [9.17, 15) is 0 Å². The van der Waals surface area contributed by atoms with Crippen LogP contribution in [0.15, 0.2) is 12.3 Å². The highest BCUT2D eigenvalue weighted by Gasteiger charge is 2.14. The minimum Gasteiger partial charge on any atom is -0.493 e. The number of nitrogens with one attached hydrogen (secondary N) is 1. The molecule has 1 heterocycles. The zero-order valence-electron chi connectivity index (χ0n) is 12.2. The molecular weight excluding hydrogens is 226 g/mol. The van der Waals surface area contributed by atoms with Gasteiger partial charge in [-0.3, -0.25) is 4.68 Å². The molecule has 0 aliphatic heterocycles. The summed E-state index contributed by atoms with van der Waals surface area (Å²) in [7, 11) is 1.69. The quantitative estimate of drug-likeness (QED) is 0.757. The van der Waals surface area contributed by atoms with Crippen LogP contribution in [0.1, 0.15) is 45.9 Å². The molecule has 0 amide bonds. The molecule has 0 fully saturated rings. The molecule has 0 saturated carbocycles. The van der Waals surface area contributed by atoms with E-state index in [0.29, 0.717) is 6.04 Å². The number of rotatable bonds is 7. The third-order valence-electron chi connectivity index (χ3n) is 2.87. The molecule has 1 rings (SSSR count). The van der Waals surface area contributed by atoms with Crippen molar-refractivity contribution in [3.8, 4) is 5.75 Å². The van der Waals surface area contributed by atoms with Crippen molar-refractivity contribution in [2.75, 3.05) is 20.2 Å². The van der Waals surface area contributed by atoms with E-state index >= 15 is 0 Å². The van der Waals surface area contributed by atoms with Crippen LogP contribution in [-0.4, -0.2) is 30.0 Å². The van der Waals surface area contributed by atoms with Crippen LogP contribution >= 0.6 is 0 Å². The Morgan fingerprint density at radius 3 is 2.83 bits per heavy atom. The van der Waals surface area contributed by atoms with Crippen LogP contribution in [0.2, 0.25) is 0 Å². The lowest BCUT2D eigenvalue weighted by Crippen LogP contribution is -2.13. The predicted molar refractivity (Wildman–Crippen MR) is 76.0 cm³/mol. The van der Waals surface area contributed by atoms with Gasteiger partial charge in [-0.15, -0.1) is 0 Å². The van der Waals surface area contributed by atoms with Gasteiger partial charge in [-0.05, 0) is 45.9 Å². The minimum atomic E-state index is 0.334. The molecule has 0 spiro atoms. The van der Waals surface area contributed by atoms with Gasteiger partial charge in [0.05, 0.1) is 13.3 Å². The van der Waals surface area contributed by atoms with Crippen LogP contribution in [0.5, 0.6) is 5.75 Å². The number of allylic oxidation sites excluding steroid dienone is 1. The standard InChI is InChI=1S/C14H25N3O/c1-6-15-9-7-8-12(4)14-13(18-5)10-16-17(14)11(2)3/h8,10-11,15H,6-7,9H2,1-5H3/b12-8-. The summed E-state index contributed by atoms with van der Waals surface area (Å²) >= 11 is 0. The van der Waals surface area contributed by atoms with E-state index in [1.807, 2.05) is 4.68 Å². The molecule has 0 radical (unpaired) electrons. The van der Waals surface area contributed by atoms with Gasteiger partial charge in [0.15, 0.2) is 5.75 Å². The molecule has 1 aromatic heterocycles. The van der Waals surface area contributed by atoms with Gasteiger partial charge in [0.1, 0.15) is 5.69 Å². The van der Waals surface area contributed by atoms with Gasteiger partial charge >= 0.3 is 0 Å². The second-order valence-electron chi connectivity index (χ2n) is 4.63. The third-order valence-corrected chi connectivity index (χ3v) is 2.87. The molecule has 102 valence electrons. The van der Waals surface area contributed by atoms with Crippen LogP contribution in [0.3, 0.4) is 0 Å². The SMILES string of the molecule is CCNCC/C=C(/C)c1c(OC)cnn1C(C)C. The van der Waals surface area contributed by atoms with Crippen LogP contribution in [-0.2, 0) is 0 Å². The largest absolute Gasteiger partial charge is 0.493 e. The fourth-order valence-electron chi connectivity index (χ4n) is 1.93. The normalized spacial score (nSPS) is 12.2. The van der Waals surface area contributed by atoms with Gasteiger partial charge in [0.2, 0.25) is 0 Å². The van der Waals surface area contributed by atoms with Crippen LogP contribution in [0.25, 0.3) is 5.57 Å². The average Bonchev–Trinajstić information content (AvgIpc) is 2.78. The summed E-state index contributed by atoms with van der Waals surface area (Å²) < 4.78 is 7.40. The van der Waals surface area contributed by atoms with Crippen molar-refractivity contribution >= 4 is 5.57 Å². The third kappa shape index (κ3) is 3.60. The van der Waals surface area contributed by atoms with Gasteiger partial charge in [-0.1, -0.05) is 13.0 Å². The highest BCUT2D eigenvalue weighted by Crippen LogP contribution is 2.28. The number of ether oxygens (including phenoxy) is 1. The van der Waals surface area contributed by atoms with E-state index in [-0.39, 0.29) is 0 Å². The number of hydrogen-bond acceptors (Lipinski definition) is 3. The zero-order chi connectivity index (χ0) is 13.5. The first-order valence-electron chi connectivity index (χ1n) is 6.61. The fraction of sp³-hybridized carbons (Fsp3) is 0.643. The molecule has 0 atom stereocenters. The van der Waals surface area contributed by atoms with Crippen molar-refractivity contribution in [2.24, 2.45) is 0 Å². The lowest BCUT2D eigenvalue weighted by atomic mass is 10.1. The van der Waals surface area contributed by atoms with Gasteiger partial charge in [-0.2, -0.15) is 5.10 Å².